The number of carbonyl (C=O) groups is 2. The molecule has 1 aliphatic rings. The SMILES string of the molecule is NC(=O)[C@H](CCC(=O)O)NC1Cc2ccccc2C1. The van der Waals surface area contributed by atoms with Gasteiger partial charge in [0, 0.05) is 12.5 Å². The monoisotopic (exact) mass is 262 g/mol. The summed E-state index contributed by atoms with van der Waals surface area (Å²) < 4.78 is 0. The zero-order chi connectivity index (χ0) is 13.8. The number of carboxylic acids is 1. The van der Waals surface area contributed by atoms with Crippen molar-refractivity contribution in [1.29, 1.82) is 0 Å². The van der Waals surface area contributed by atoms with Gasteiger partial charge in [-0.25, -0.2) is 0 Å². The lowest BCUT2D eigenvalue weighted by Crippen LogP contribution is -2.47. The van der Waals surface area contributed by atoms with Crippen LogP contribution in [0.2, 0.25) is 0 Å². The van der Waals surface area contributed by atoms with Crippen molar-refractivity contribution in [2.24, 2.45) is 5.73 Å². The minimum absolute atomic E-state index is 0.0553. The number of fused-ring (bicyclic) bond motifs is 1. The fourth-order valence-electron chi connectivity index (χ4n) is 2.54. The molecular formula is C14H18N2O3. The predicted octanol–water partition coefficient (Wildman–Crippen LogP) is 0.462. The summed E-state index contributed by atoms with van der Waals surface area (Å²) in [5, 5.41) is 11.8. The molecule has 2 rings (SSSR count). The Labute approximate surface area is 111 Å². The third kappa shape index (κ3) is 3.54. The molecule has 1 aromatic carbocycles. The summed E-state index contributed by atoms with van der Waals surface area (Å²) in [4.78, 5) is 21.9. The molecule has 1 atom stereocenters. The summed E-state index contributed by atoms with van der Waals surface area (Å²) >= 11 is 0. The van der Waals surface area contributed by atoms with E-state index in [9.17, 15) is 9.59 Å². The van der Waals surface area contributed by atoms with Crippen LogP contribution < -0.4 is 11.1 Å². The molecule has 4 N–H and O–H groups in total. The van der Waals surface area contributed by atoms with Crippen LogP contribution in [0.15, 0.2) is 24.3 Å². The van der Waals surface area contributed by atoms with E-state index in [1.54, 1.807) is 0 Å². The lowest BCUT2D eigenvalue weighted by molar-refractivity contribution is -0.137. The highest BCUT2D eigenvalue weighted by molar-refractivity contribution is 5.80. The van der Waals surface area contributed by atoms with Crippen molar-refractivity contribution in [3.05, 3.63) is 35.4 Å². The molecule has 0 aromatic heterocycles. The van der Waals surface area contributed by atoms with E-state index < -0.39 is 17.9 Å². The first-order valence-electron chi connectivity index (χ1n) is 6.40. The van der Waals surface area contributed by atoms with Crippen LogP contribution in [0, 0.1) is 0 Å². The highest BCUT2D eigenvalue weighted by Crippen LogP contribution is 2.22. The molecule has 1 aliphatic carbocycles. The van der Waals surface area contributed by atoms with E-state index in [-0.39, 0.29) is 18.9 Å². The summed E-state index contributed by atoms with van der Waals surface area (Å²) in [7, 11) is 0. The number of rotatable bonds is 6. The zero-order valence-corrected chi connectivity index (χ0v) is 10.6. The fraction of sp³-hybridized carbons (Fsp3) is 0.429. The Kier molecular flexibility index (Phi) is 4.16. The van der Waals surface area contributed by atoms with Crippen LogP contribution >= 0.6 is 0 Å². The third-order valence-corrected chi connectivity index (χ3v) is 3.48. The van der Waals surface area contributed by atoms with Gasteiger partial charge < -0.3 is 16.2 Å². The third-order valence-electron chi connectivity index (χ3n) is 3.48. The van der Waals surface area contributed by atoms with E-state index in [1.807, 2.05) is 12.1 Å². The van der Waals surface area contributed by atoms with E-state index in [4.69, 9.17) is 10.8 Å². The Hall–Kier alpha value is -1.88. The van der Waals surface area contributed by atoms with Gasteiger partial charge in [0.2, 0.25) is 5.91 Å². The molecular weight excluding hydrogens is 244 g/mol. The van der Waals surface area contributed by atoms with Crippen LogP contribution in [-0.4, -0.2) is 29.1 Å². The molecule has 0 fully saturated rings. The van der Waals surface area contributed by atoms with Crippen molar-refractivity contribution in [3.63, 3.8) is 0 Å². The number of amides is 1. The standard InChI is InChI=1S/C14H18N2O3/c15-14(19)12(5-6-13(17)18)16-11-7-9-3-1-2-4-10(9)8-11/h1-4,11-12,16H,5-8H2,(H2,15,19)(H,17,18)/t12-/m0/s1. The van der Waals surface area contributed by atoms with Crippen molar-refractivity contribution in [2.75, 3.05) is 0 Å². The Balaban J connectivity index is 1.93. The van der Waals surface area contributed by atoms with Crippen molar-refractivity contribution in [2.45, 2.75) is 37.8 Å². The minimum Gasteiger partial charge on any atom is -0.481 e. The van der Waals surface area contributed by atoms with Gasteiger partial charge in [0.25, 0.3) is 0 Å². The highest BCUT2D eigenvalue weighted by Gasteiger charge is 2.25. The maximum absolute atomic E-state index is 11.3. The molecule has 0 saturated carbocycles. The van der Waals surface area contributed by atoms with Crippen molar-refractivity contribution < 1.29 is 14.7 Å². The van der Waals surface area contributed by atoms with Crippen LogP contribution in [0.1, 0.15) is 24.0 Å². The molecule has 0 spiro atoms. The second kappa shape index (κ2) is 5.84. The Morgan fingerprint density at radius 1 is 1.32 bits per heavy atom. The lowest BCUT2D eigenvalue weighted by atomic mass is 10.1. The molecule has 0 unspecified atom stereocenters. The first-order valence-corrected chi connectivity index (χ1v) is 6.40. The van der Waals surface area contributed by atoms with Crippen molar-refractivity contribution >= 4 is 11.9 Å². The number of primary amides is 1. The quantitative estimate of drug-likeness (QED) is 0.694. The van der Waals surface area contributed by atoms with Gasteiger partial charge in [0.1, 0.15) is 0 Å². The molecule has 0 saturated heterocycles. The normalized spacial score (nSPS) is 16.0. The number of carboxylic acid groups (broad SMARTS) is 1. The molecule has 0 radical (unpaired) electrons. The molecule has 0 heterocycles. The fourth-order valence-corrected chi connectivity index (χ4v) is 2.54. The maximum Gasteiger partial charge on any atom is 0.303 e. The van der Waals surface area contributed by atoms with Gasteiger partial charge in [0.15, 0.2) is 0 Å². The lowest BCUT2D eigenvalue weighted by Gasteiger charge is -2.19. The summed E-state index contributed by atoms with van der Waals surface area (Å²) in [6, 6.07) is 7.73. The van der Waals surface area contributed by atoms with E-state index in [1.165, 1.54) is 11.1 Å². The van der Waals surface area contributed by atoms with Crippen LogP contribution in [0.5, 0.6) is 0 Å². The molecule has 0 bridgehead atoms. The van der Waals surface area contributed by atoms with Crippen molar-refractivity contribution in [1.82, 2.24) is 5.32 Å². The first-order chi connectivity index (χ1) is 9.06. The second-order valence-corrected chi connectivity index (χ2v) is 4.93. The van der Waals surface area contributed by atoms with Gasteiger partial charge >= 0.3 is 5.97 Å². The molecule has 5 nitrogen and oxygen atoms in total. The van der Waals surface area contributed by atoms with Crippen LogP contribution in [0.4, 0.5) is 0 Å². The number of benzene rings is 1. The van der Waals surface area contributed by atoms with Crippen LogP contribution in [0.3, 0.4) is 0 Å². The van der Waals surface area contributed by atoms with Gasteiger partial charge in [0.05, 0.1) is 6.04 Å². The summed E-state index contributed by atoms with van der Waals surface area (Å²) in [5.74, 6) is -1.40. The first kappa shape index (κ1) is 13.5. The molecule has 1 amide bonds. The summed E-state index contributed by atoms with van der Waals surface area (Å²) in [6.45, 7) is 0. The smallest absolute Gasteiger partial charge is 0.303 e. The van der Waals surface area contributed by atoms with Crippen molar-refractivity contribution in [3.8, 4) is 0 Å². The van der Waals surface area contributed by atoms with E-state index >= 15 is 0 Å². The van der Waals surface area contributed by atoms with Gasteiger partial charge in [-0.3, -0.25) is 9.59 Å². The van der Waals surface area contributed by atoms with Gasteiger partial charge in [-0.2, -0.15) is 0 Å². The number of nitrogens with one attached hydrogen (secondary N) is 1. The molecule has 19 heavy (non-hydrogen) atoms. The zero-order valence-electron chi connectivity index (χ0n) is 10.6. The van der Waals surface area contributed by atoms with Gasteiger partial charge in [-0.05, 0) is 30.4 Å². The van der Waals surface area contributed by atoms with E-state index in [0.29, 0.717) is 0 Å². The molecule has 102 valence electrons. The number of carbonyl (C=O) groups excluding carboxylic acids is 1. The number of hydrogen-bond donors (Lipinski definition) is 3. The second-order valence-electron chi connectivity index (χ2n) is 4.93. The Morgan fingerprint density at radius 2 is 1.89 bits per heavy atom. The minimum atomic E-state index is -0.914. The molecule has 5 heteroatoms. The van der Waals surface area contributed by atoms with E-state index in [2.05, 4.69) is 17.4 Å². The van der Waals surface area contributed by atoms with Gasteiger partial charge in [-0.1, -0.05) is 24.3 Å². The van der Waals surface area contributed by atoms with Crippen LogP contribution in [0.25, 0.3) is 0 Å². The maximum atomic E-state index is 11.3. The largest absolute Gasteiger partial charge is 0.481 e. The Bertz CT molecular complexity index is 462. The summed E-state index contributed by atoms with van der Waals surface area (Å²) in [5.41, 5.74) is 7.87. The average molecular weight is 262 g/mol. The number of hydrogen-bond acceptors (Lipinski definition) is 3. The van der Waals surface area contributed by atoms with E-state index in [0.717, 1.165) is 12.8 Å². The summed E-state index contributed by atoms with van der Waals surface area (Å²) in [6.07, 6.45) is 1.89. The van der Waals surface area contributed by atoms with Gasteiger partial charge in [-0.15, -0.1) is 0 Å². The molecule has 0 aliphatic heterocycles. The highest BCUT2D eigenvalue weighted by atomic mass is 16.4. The Morgan fingerprint density at radius 3 is 2.37 bits per heavy atom. The number of aliphatic carboxylic acids is 1. The number of nitrogens with two attached hydrogens (primary N) is 1. The molecule has 1 aromatic rings. The van der Waals surface area contributed by atoms with Crippen LogP contribution in [-0.2, 0) is 22.4 Å². The average Bonchev–Trinajstić information content (AvgIpc) is 2.76. The predicted molar refractivity (Wildman–Crippen MR) is 70.6 cm³/mol. The topological polar surface area (TPSA) is 92.4 Å².